The third-order valence-corrected chi connectivity index (χ3v) is 4.16. The molecular weight excluding hydrogens is 208 g/mol. The van der Waals surface area contributed by atoms with Crippen LogP contribution >= 0.6 is 0 Å². The summed E-state index contributed by atoms with van der Waals surface area (Å²) in [5.74, 6) is 1.13. The third-order valence-electron chi connectivity index (χ3n) is 4.16. The Morgan fingerprint density at radius 3 is 2.82 bits per heavy atom. The minimum absolute atomic E-state index is 0.260. The number of benzene rings is 1. The highest BCUT2D eigenvalue weighted by Gasteiger charge is 2.30. The topological polar surface area (TPSA) is 20.2 Å². The molecule has 1 aromatic rings. The van der Waals surface area contributed by atoms with Gasteiger partial charge in [0.2, 0.25) is 0 Å². The number of hydrogen-bond acceptors (Lipinski definition) is 1. The van der Waals surface area contributed by atoms with Crippen LogP contribution in [0.3, 0.4) is 0 Å². The molecule has 0 radical (unpaired) electrons. The summed E-state index contributed by atoms with van der Waals surface area (Å²) < 4.78 is 0. The molecule has 3 atom stereocenters. The predicted octanol–water partition coefficient (Wildman–Crippen LogP) is 4.11. The molecule has 1 aromatic carbocycles. The van der Waals surface area contributed by atoms with Crippen LogP contribution in [0.5, 0.6) is 0 Å². The van der Waals surface area contributed by atoms with Crippen LogP contribution in [0.2, 0.25) is 0 Å². The normalized spacial score (nSPS) is 26.1. The van der Waals surface area contributed by atoms with Crippen molar-refractivity contribution in [1.82, 2.24) is 0 Å². The largest absolute Gasteiger partial charge is 0.388 e. The molecule has 1 fully saturated rings. The zero-order valence-corrected chi connectivity index (χ0v) is 11.0. The van der Waals surface area contributed by atoms with Crippen LogP contribution in [0.15, 0.2) is 24.3 Å². The van der Waals surface area contributed by atoms with E-state index in [9.17, 15) is 5.11 Å². The highest BCUT2D eigenvalue weighted by atomic mass is 16.3. The fourth-order valence-corrected chi connectivity index (χ4v) is 3.11. The first kappa shape index (κ1) is 12.6. The molecule has 0 bridgehead atoms. The van der Waals surface area contributed by atoms with Gasteiger partial charge >= 0.3 is 0 Å². The lowest BCUT2D eigenvalue weighted by Crippen LogP contribution is -2.15. The van der Waals surface area contributed by atoms with Crippen molar-refractivity contribution in [1.29, 1.82) is 0 Å². The van der Waals surface area contributed by atoms with Gasteiger partial charge in [0.25, 0.3) is 0 Å². The molecule has 94 valence electrons. The lowest BCUT2D eigenvalue weighted by atomic mass is 9.87. The Morgan fingerprint density at radius 1 is 1.35 bits per heavy atom. The van der Waals surface area contributed by atoms with E-state index in [1.807, 2.05) is 0 Å². The SMILES string of the molecule is CCCc1cccc(C(O)C2CCCC2C)c1. The van der Waals surface area contributed by atoms with Gasteiger partial charge in [-0.15, -0.1) is 0 Å². The molecule has 3 unspecified atom stereocenters. The molecule has 1 saturated carbocycles. The molecule has 1 heteroatoms. The molecule has 0 aromatic heterocycles. The zero-order chi connectivity index (χ0) is 12.3. The summed E-state index contributed by atoms with van der Waals surface area (Å²) in [5.41, 5.74) is 2.48. The Kier molecular flexibility index (Phi) is 4.22. The lowest BCUT2D eigenvalue weighted by Gasteiger charge is -2.23. The molecule has 0 aliphatic heterocycles. The molecule has 17 heavy (non-hydrogen) atoms. The monoisotopic (exact) mass is 232 g/mol. The standard InChI is InChI=1S/C16H24O/c1-3-6-13-8-5-9-14(11-13)16(17)15-10-4-7-12(15)2/h5,8-9,11-12,15-17H,3-4,6-7,10H2,1-2H3. The van der Waals surface area contributed by atoms with E-state index in [2.05, 4.69) is 38.1 Å². The molecule has 1 nitrogen and oxygen atoms in total. The highest BCUT2D eigenvalue weighted by Crippen LogP contribution is 2.40. The van der Waals surface area contributed by atoms with Gasteiger partial charge < -0.3 is 5.11 Å². The van der Waals surface area contributed by atoms with E-state index in [-0.39, 0.29) is 6.10 Å². The van der Waals surface area contributed by atoms with E-state index < -0.39 is 0 Å². The molecule has 0 heterocycles. The summed E-state index contributed by atoms with van der Waals surface area (Å²) in [6.45, 7) is 4.47. The summed E-state index contributed by atoms with van der Waals surface area (Å²) in [7, 11) is 0. The third kappa shape index (κ3) is 2.90. The van der Waals surface area contributed by atoms with Crippen LogP contribution < -0.4 is 0 Å². The van der Waals surface area contributed by atoms with Crippen molar-refractivity contribution in [3.63, 3.8) is 0 Å². The van der Waals surface area contributed by atoms with Crippen LogP contribution in [0.1, 0.15) is 56.8 Å². The summed E-state index contributed by atoms with van der Waals surface area (Å²) in [6, 6.07) is 8.52. The van der Waals surface area contributed by atoms with Crippen molar-refractivity contribution in [3.05, 3.63) is 35.4 Å². The van der Waals surface area contributed by atoms with Gasteiger partial charge in [-0.25, -0.2) is 0 Å². The van der Waals surface area contributed by atoms with Crippen molar-refractivity contribution in [2.24, 2.45) is 11.8 Å². The second kappa shape index (κ2) is 5.68. The molecule has 0 saturated heterocycles. The Labute approximate surface area is 105 Å². The molecule has 1 aliphatic carbocycles. The second-order valence-corrected chi connectivity index (χ2v) is 5.51. The Hall–Kier alpha value is -0.820. The van der Waals surface area contributed by atoms with Gasteiger partial charge in [-0.1, -0.05) is 57.4 Å². The van der Waals surface area contributed by atoms with E-state index in [4.69, 9.17) is 0 Å². The van der Waals surface area contributed by atoms with Crippen molar-refractivity contribution in [2.45, 2.75) is 52.1 Å². The maximum atomic E-state index is 10.5. The van der Waals surface area contributed by atoms with E-state index >= 15 is 0 Å². The predicted molar refractivity (Wildman–Crippen MR) is 71.9 cm³/mol. The zero-order valence-electron chi connectivity index (χ0n) is 11.0. The maximum absolute atomic E-state index is 10.5. The summed E-state index contributed by atoms with van der Waals surface area (Å²) in [4.78, 5) is 0. The fraction of sp³-hybridized carbons (Fsp3) is 0.625. The van der Waals surface area contributed by atoms with Gasteiger partial charge in [0.05, 0.1) is 6.10 Å². The molecule has 0 spiro atoms. The minimum Gasteiger partial charge on any atom is -0.388 e. The van der Waals surface area contributed by atoms with Gasteiger partial charge in [-0.3, -0.25) is 0 Å². The van der Waals surface area contributed by atoms with Crippen LogP contribution in [0.4, 0.5) is 0 Å². The van der Waals surface area contributed by atoms with Crippen molar-refractivity contribution in [2.75, 3.05) is 0 Å². The van der Waals surface area contributed by atoms with Gasteiger partial charge in [-0.2, -0.15) is 0 Å². The van der Waals surface area contributed by atoms with E-state index in [1.54, 1.807) is 0 Å². The Balaban J connectivity index is 2.12. The first-order chi connectivity index (χ1) is 8.22. The second-order valence-electron chi connectivity index (χ2n) is 5.51. The van der Waals surface area contributed by atoms with E-state index in [0.29, 0.717) is 11.8 Å². The van der Waals surface area contributed by atoms with E-state index in [0.717, 1.165) is 12.0 Å². The molecular formula is C16H24O. The average Bonchev–Trinajstić information content (AvgIpc) is 2.75. The van der Waals surface area contributed by atoms with Gasteiger partial charge in [0.1, 0.15) is 0 Å². The lowest BCUT2D eigenvalue weighted by molar-refractivity contribution is 0.0900. The highest BCUT2D eigenvalue weighted by molar-refractivity contribution is 5.26. The van der Waals surface area contributed by atoms with E-state index in [1.165, 1.54) is 31.2 Å². The van der Waals surface area contributed by atoms with Crippen molar-refractivity contribution >= 4 is 0 Å². The van der Waals surface area contributed by atoms with Crippen molar-refractivity contribution < 1.29 is 5.11 Å². The number of aliphatic hydroxyl groups is 1. The van der Waals surface area contributed by atoms with Gasteiger partial charge in [-0.05, 0) is 35.8 Å². The number of rotatable bonds is 4. The minimum atomic E-state index is -0.260. The fourth-order valence-electron chi connectivity index (χ4n) is 3.11. The maximum Gasteiger partial charge on any atom is 0.0820 e. The number of aryl methyl sites for hydroxylation is 1. The van der Waals surface area contributed by atoms with Gasteiger partial charge in [0.15, 0.2) is 0 Å². The van der Waals surface area contributed by atoms with Gasteiger partial charge in [0, 0.05) is 0 Å². The molecule has 1 aliphatic rings. The summed E-state index contributed by atoms with van der Waals surface area (Å²) in [5, 5.41) is 10.5. The first-order valence-electron chi connectivity index (χ1n) is 6.99. The molecule has 0 amide bonds. The summed E-state index contributed by atoms with van der Waals surface area (Å²) in [6.07, 6.45) is 5.75. The quantitative estimate of drug-likeness (QED) is 0.828. The smallest absolute Gasteiger partial charge is 0.0820 e. The first-order valence-corrected chi connectivity index (χ1v) is 6.99. The van der Waals surface area contributed by atoms with Crippen LogP contribution in [0, 0.1) is 11.8 Å². The summed E-state index contributed by atoms with van der Waals surface area (Å²) >= 11 is 0. The van der Waals surface area contributed by atoms with Crippen LogP contribution in [0.25, 0.3) is 0 Å². The number of hydrogen-bond donors (Lipinski definition) is 1. The Bertz CT molecular complexity index is 358. The molecule has 1 N–H and O–H groups in total. The van der Waals surface area contributed by atoms with Crippen LogP contribution in [-0.2, 0) is 6.42 Å². The molecule has 2 rings (SSSR count). The van der Waals surface area contributed by atoms with Crippen molar-refractivity contribution in [3.8, 4) is 0 Å². The van der Waals surface area contributed by atoms with Crippen LogP contribution in [-0.4, -0.2) is 5.11 Å². The average molecular weight is 232 g/mol. The number of aliphatic hydroxyl groups excluding tert-OH is 1. The Morgan fingerprint density at radius 2 is 2.18 bits per heavy atom.